The number of amides is 1. The van der Waals surface area contributed by atoms with Gasteiger partial charge in [0.1, 0.15) is 19.0 Å². The van der Waals surface area contributed by atoms with Crippen molar-refractivity contribution in [1.82, 2.24) is 4.98 Å². The number of pyridine rings is 1. The van der Waals surface area contributed by atoms with Gasteiger partial charge in [0.15, 0.2) is 5.75 Å². The van der Waals surface area contributed by atoms with Gasteiger partial charge in [-0.2, -0.15) is 4.98 Å². The molecule has 1 aliphatic rings. The van der Waals surface area contributed by atoms with E-state index in [1.165, 1.54) is 0 Å². The molecule has 0 aliphatic carbocycles. The van der Waals surface area contributed by atoms with E-state index in [1.807, 2.05) is 0 Å². The summed E-state index contributed by atoms with van der Waals surface area (Å²) in [5, 5.41) is 2.53. The minimum atomic E-state index is -0.397. The molecule has 2 rings (SSSR count). The van der Waals surface area contributed by atoms with E-state index >= 15 is 0 Å². The van der Waals surface area contributed by atoms with Crippen molar-refractivity contribution in [1.29, 1.82) is 0 Å². The molecule has 0 bridgehead atoms. The first-order valence-corrected chi connectivity index (χ1v) is 4.80. The van der Waals surface area contributed by atoms with Gasteiger partial charge in [0.05, 0.1) is 0 Å². The van der Waals surface area contributed by atoms with Crippen LogP contribution < -0.4 is 14.8 Å². The Hall–Kier alpha value is -2.22. The number of hydrogen-bond donors (Lipinski definition) is 1. The lowest BCUT2D eigenvalue weighted by Crippen LogP contribution is -2.17. The van der Waals surface area contributed by atoms with Crippen LogP contribution >= 0.6 is 0 Å². The third-order valence-electron chi connectivity index (χ3n) is 1.89. The third kappa shape index (κ3) is 2.23. The van der Waals surface area contributed by atoms with Gasteiger partial charge in [0.25, 0.3) is 5.88 Å². The Balaban J connectivity index is 2.16. The molecule has 1 N–H and O–H groups in total. The quantitative estimate of drug-likeness (QED) is 0.709. The van der Waals surface area contributed by atoms with Gasteiger partial charge in [-0.1, -0.05) is 5.92 Å². The van der Waals surface area contributed by atoms with E-state index < -0.39 is 5.91 Å². The zero-order chi connectivity index (χ0) is 11.4. The fraction of sp³-hybridized carbons (Fsp3) is 0.273. The first-order chi connectivity index (χ1) is 7.79. The lowest BCUT2D eigenvalue weighted by atomic mass is 10.4. The number of nitrogens with one attached hydrogen (secondary N) is 1. The molecule has 16 heavy (non-hydrogen) atoms. The van der Waals surface area contributed by atoms with Crippen LogP contribution in [0.2, 0.25) is 0 Å². The number of aromatic nitrogens is 1. The summed E-state index contributed by atoms with van der Waals surface area (Å²) in [4.78, 5) is 15.3. The highest BCUT2D eigenvalue weighted by Gasteiger charge is 2.13. The molecular weight excluding hydrogens is 208 g/mol. The predicted molar refractivity (Wildman–Crippen MR) is 57.3 cm³/mol. The largest absolute Gasteiger partial charge is 0.484 e. The first-order valence-electron chi connectivity index (χ1n) is 4.80. The molecule has 0 spiro atoms. The van der Waals surface area contributed by atoms with Gasteiger partial charge in [0.2, 0.25) is 0 Å². The van der Waals surface area contributed by atoms with E-state index in [0.29, 0.717) is 30.7 Å². The molecule has 82 valence electrons. The Bertz CT molecular complexity index is 474. The topological polar surface area (TPSA) is 60.5 Å². The highest BCUT2D eigenvalue weighted by Crippen LogP contribution is 2.28. The summed E-state index contributed by atoms with van der Waals surface area (Å²) in [5.74, 6) is 5.86. The van der Waals surface area contributed by atoms with Crippen molar-refractivity contribution in [3.63, 3.8) is 0 Å². The Labute approximate surface area is 92.8 Å². The molecular formula is C11H10N2O3. The van der Waals surface area contributed by atoms with Crippen molar-refractivity contribution in [3.05, 3.63) is 12.1 Å². The zero-order valence-corrected chi connectivity index (χ0v) is 8.74. The van der Waals surface area contributed by atoms with E-state index in [-0.39, 0.29) is 0 Å². The summed E-state index contributed by atoms with van der Waals surface area (Å²) in [6.07, 6.45) is 0. The second-order valence-corrected chi connectivity index (χ2v) is 3.03. The molecule has 0 saturated carbocycles. The smallest absolute Gasteiger partial charge is 0.301 e. The maximum atomic E-state index is 11.2. The van der Waals surface area contributed by atoms with Gasteiger partial charge in [-0.25, -0.2) is 0 Å². The summed E-state index contributed by atoms with van der Waals surface area (Å²) >= 11 is 0. The maximum absolute atomic E-state index is 11.2. The minimum absolute atomic E-state index is 0.397. The summed E-state index contributed by atoms with van der Waals surface area (Å²) in [6, 6.07) is 3.35. The van der Waals surface area contributed by atoms with Gasteiger partial charge in [-0.05, 0) is 25.0 Å². The molecule has 5 heteroatoms. The number of carbonyl (C=O) groups is 1. The van der Waals surface area contributed by atoms with Crippen molar-refractivity contribution in [2.75, 3.05) is 18.5 Å². The number of hydrogen-bond acceptors (Lipinski definition) is 4. The second-order valence-electron chi connectivity index (χ2n) is 3.03. The molecule has 1 aromatic rings. The Morgan fingerprint density at radius 1 is 1.44 bits per heavy atom. The van der Waals surface area contributed by atoms with E-state index in [1.54, 1.807) is 19.1 Å². The molecule has 0 radical (unpaired) electrons. The van der Waals surface area contributed by atoms with Crippen molar-refractivity contribution in [2.45, 2.75) is 6.92 Å². The van der Waals surface area contributed by atoms with Crippen LogP contribution in [0.3, 0.4) is 0 Å². The van der Waals surface area contributed by atoms with E-state index in [2.05, 4.69) is 22.1 Å². The van der Waals surface area contributed by atoms with Gasteiger partial charge in [-0.3, -0.25) is 10.1 Å². The van der Waals surface area contributed by atoms with Gasteiger partial charge < -0.3 is 9.47 Å². The van der Waals surface area contributed by atoms with Crippen LogP contribution in [0.15, 0.2) is 12.1 Å². The molecule has 0 atom stereocenters. The van der Waals surface area contributed by atoms with E-state index in [4.69, 9.17) is 9.47 Å². The number of carbonyl (C=O) groups excluding carboxylic acids is 1. The van der Waals surface area contributed by atoms with Crippen molar-refractivity contribution >= 4 is 11.7 Å². The fourth-order valence-corrected chi connectivity index (χ4v) is 1.26. The van der Waals surface area contributed by atoms with Crippen LogP contribution in [0.1, 0.15) is 6.92 Å². The van der Waals surface area contributed by atoms with Crippen LogP contribution in [0.25, 0.3) is 0 Å². The third-order valence-corrected chi connectivity index (χ3v) is 1.89. The lowest BCUT2D eigenvalue weighted by molar-refractivity contribution is -0.111. The number of anilines is 1. The zero-order valence-electron chi connectivity index (χ0n) is 8.74. The number of fused-ring (bicyclic) bond motifs is 1. The average molecular weight is 218 g/mol. The summed E-state index contributed by atoms with van der Waals surface area (Å²) < 4.78 is 10.6. The average Bonchev–Trinajstić information content (AvgIpc) is 2.29. The van der Waals surface area contributed by atoms with Crippen LogP contribution in [0.4, 0.5) is 5.82 Å². The number of ether oxygens (including phenoxy) is 2. The van der Waals surface area contributed by atoms with Crippen molar-refractivity contribution in [2.24, 2.45) is 0 Å². The van der Waals surface area contributed by atoms with E-state index in [0.717, 1.165) is 0 Å². The van der Waals surface area contributed by atoms with Gasteiger partial charge in [0, 0.05) is 0 Å². The van der Waals surface area contributed by atoms with Crippen LogP contribution in [0.5, 0.6) is 11.6 Å². The first kappa shape index (κ1) is 10.3. The van der Waals surface area contributed by atoms with Gasteiger partial charge in [-0.15, -0.1) is 0 Å². The monoisotopic (exact) mass is 218 g/mol. The summed E-state index contributed by atoms with van der Waals surface area (Å²) in [5.41, 5.74) is 0. The molecule has 0 saturated heterocycles. The number of rotatable bonds is 1. The molecule has 0 unspecified atom stereocenters. The van der Waals surface area contributed by atoms with E-state index in [9.17, 15) is 4.79 Å². The molecule has 5 nitrogen and oxygen atoms in total. The summed E-state index contributed by atoms with van der Waals surface area (Å²) in [6.45, 7) is 2.57. The maximum Gasteiger partial charge on any atom is 0.301 e. The molecule has 1 aromatic heterocycles. The Morgan fingerprint density at radius 3 is 3.06 bits per heavy atom. The predicted octanol–water partition coefficient (Wildman–Crippen LogP) is 0.815. The van der Waals surface area contributed by atoms with Crippen LogP contribution in [0, 0.1) is 11.8 Å². The molecule has 2 heterocycles. The molecule has 0 fully saturated rings. The Morgan fingerprint density at radius 2 is 2.25 bits per heavy atom. The van der Waals surface area contributed by atoms with Crippen molar-refractivity contribution in [3.8, 4) is 23.5 Å². The van der Waals surface area contributed by atoms with Crippen LogP contribution in [-0.4, -0.2) is 24.1 Å². The fourth-order valence-electron chi connectivity index (χ4n) is 1.26. The van der Waals surface area contributed by atoms with Gasteiger partial charge >= 0.3 is 5.91 Å². The molecule has 1 aliphatic heterocycles. The van der Waals surface area contributed by atoms with Crippen molar-refractivity contribution < 1.29 is 14.3 Å². The van der Waals surface area contributed by atoms with Crippen LogP contribution in [-0.2, 0) is 4.79 Å². The second kappa shape index (κ2) is 4.53. The molecule has 0 aromatic carbocycles. The SMILES string of the molecule is CC#CC(=O)Nc1ccc2c(n1)OCCO2. The molecule has 1 amide bonds. The summed E-state index contributed by atoms with van der Waals surface area (Å²) in [7, 11) is 0. The lowest BCUT2D eigenvalue weighted by Gasteiger charge is -2.17. The highest BCUT2D eigenvalue weighted by atomic mass is 16.6. The highest BCUT2D eigenvalue weighted by molar-refractivity contribution is 6.03. The Kier molecular flexibility index (Phi) is 2.92. The minimum Gasteiger partial charge on any atom is -0.484 e. The number of nitrogens with zero attached hydrogens (tertiary/aromatic N) is 1. The normalized spacial score (nSPS) is 12.3. The standard InChI is InChI=1S/C11H10N2O3/c1-2-3-10(14)12-9-5-4-8-11(13-9)16-7-6-15-8/h4-5H,6-7H2,1H3,(H,12,13,14).